The highest BCUT2D eigenvalue weighted by atomic mass is 32.1. The molecule has 0 aliphatic heterocycles. The van der Waals surface area contributed by atoms with E-state index in [1.165, 1.54) is 9.88 Å². The van der Waals surface area contributed by atoms with Gasteiger partial charge < -0.3 is 5.32 Å². The molecule has 1 N–H and O–H groups in total. The Bertz CT molecular complexity index is 378. The minimum Gasteiger partial charge on any atom is -0.306 e. The second kappa shape index (κ2) is 4.68. The highest BCUT2D eigenvalue weighted by Crippen LogP contribution is 2.10. The van der Waals surface area contributed by atoms with Gasteiger partial charge in [-0.1, -0.05) is 6.07 Å². The van der Waals surface area contributed by atoms with Crippen LogP contribution >= 0.6 is 22.7 Å². The van der Waals surface area contributed by atoms with Gasteiger partial charge in [-0.2, -0.15) is 0 Å². The van der Waals surface area contributed by atoms with E-state index in [1.54, 1.807) is 22.7 Å². The van der Waals surface area contributed by atoms with Crippen molar-refractivity contribution in [2.24, 2.45) is 0 Å². The van der Waals surface area contributed by atoms with Crippen molar-refractivity contribution < 1.29 is 0 Å². The lowest BCUT2D eigenvalue weighted by Gasteiger charge is -1.98. The number of thiophene rings is 1. The SMILES string of the molecule is Cc1csc(CNCc2cccs2)n1. The topological polar surface area (TPSA) is 24.9 Å². The molecule has 0 saturated heterocycles. The van der Waals surface area contributed by atoms with Gasteiger partial charge >= 0.3 is 0 Å². The Labute approximate surface area is 91.6 Å². The predicted molar refractivity (Wildman–Crippen MR) is 61.7 cm³/mol. The maximum Gasteiger partial charge on any atom is 0.107 e. The van der Waals surface area contributed by atoms with Gasteiger partial charge in [0.15, 0.2) is 0 Å². The average molecular weight is 224 g/mol. The van der Waals surface area contributed by atoms with Gasteiger partial charge in [0, 0.05) is 29.0 Å². The number of aromatic nitrogens is 1. The Morgan fingerprint density at radius 3 is 2.93 bits per heavy atom. The zero-order valence-corrected chi connectivity index (χ0v) is 9.62. The van der Waals surface area contributed by atoms with Crippen molar-refractivity contribution in [2.75, 3.05) is 0 Å². The van der Waals surface area contributed by atoms with Gasteiger partial charge in [0.25, 0.3) is 0 Å². The van der Waals surface area contributed by atoms with Crippen LogP contribution in [0.3, 0.4) is 0 Å². The van der Waals surface area contributed by atoms with Crippen LogP contribution in [0.4, 0.5) is 0 Å². The summed E-state index contributed by atoms with van der Waals surface area (Å²) in [5.74, 6) is 0. The molecule has 74 valence electrons. The lowest BCUT2D eigenvalue weighted by atomic mass is 10.4. The van der Waals surface area contributed by atoms with Crippen LogP contribution in [0.5, 0.6) is 0 Å². The first-order chi connectivity index (χ1) is 6.84. The molecule has 2 rings (SSSR count). The van der Waals surface area contributed by atoms with E-state index in [-0.39, 0.29) is 0 Å². The molecule has 0 spiro atoms. The lowest BCUT2D eigenvalue weighted by molar-refractivity contribution is 0.696. The van der Waals surface area contributed by atoms with E-state index in [2.05, 4.69) is 33.2 Å². The van der Waals surface area contributed by atoms with Crippen LogP contribution in [0.25, 0.3) is 0 Å². The molecule has 0 bridgehead atoms. The second-order valence-electron chi connectivity index (χ2n) is 3.07. The van der Waals surface area contributed by atoms with E-state index in [4.69, 9.17) is 0 Å². The van der Waals surface area contributed by atoms with Gasteiger partial charge in [-0.3, -0.25) is 0 Å². The largest absolute Gasteiger partial charge is 0.306 e. The molecule has 0 aromatic carbocycles. The Kier molecular flexibility index (Phi) is 3.29. The number of rotatable bonds is 4. The average Bonchev–Trinajstić information content (AvgIpc) is 2.77. The molecule has 0 saturated carbocycles. The molecule has 0 aliphatic carbocycles. The molecule has 0 atom stereocenters. The van der Waals surface area contributed by atoms with Crippen molar-refractivity contribution in [1.29, 1.82) is 0 Å². The fraction of sp³-hybridized carbons (Fsp3) is 0.300. The monoisotopic (exact) mass is 224 g/mol. The van der Waals surface area contributed by atoms with Crippen molar-refractivity contribution in [3.8, 4) is 0 Å². The standard InChI is InChI=1S/C10H12N2S2/c1-8-7-14-10(12-8)6-11-5-9-3-2-4-13-9/h2-4,7,11H,5-6H2,1H3. The third kappa shape index (κ3) is 2.64. The highest BCUT2D eigenvalue weighted by Gasteiger charge is 1.98. The summed E-state index contributed by atoms with van der Waals surface area (Å²) in [6, 6.07) is 4.22. The Hall–Kier alpha value is -0.710. The molecule has 0 fully saturated rings. The van der Waals surface area contributed by atoms with Crippen LogP contribution in [0, 0.1) is 6.92 Å². The van der Waals surface area contributed by atoms with E-state index in [9.17, 15) is 0 Å². The van der Waals surface area contributed by atoms with Crippen molar-refractivity contribution in [2.45, 2.75) is 20.0 Å². The predicted octanol–water partition coefficient (Wildman–Crippen LogP) is 2.80. The molecule has 0 radical (unpaired) electrons. The molecule has 2 heterocycles. The van der Waals surface area contributed by atoms with Gasteiger partial charge in [-0.05, 0) is 18.4 Å². The fourth-order valence-electron chi connectivity index (χ4n) is 1.19. The van der Waals surface area contributed by atoms with Gasteiger partial charge in [0.05, 0.1) is 0 Å². The molecule has 4 heteroatoms. The molecule has 2 nitrogen and oxygen atoms in total. The first-order valence-electron chi connectivity index (χ1n) is 4.49. The fourth-order valence-corrected chi connectivity index (χ4v) is 2.61. The number of hydrogen-bond acceptors (Lipinski definition) is 4. The van der Waals surface area contributed by atoms with Crippen LogP contribution in [0.15, 0.2) is 22.9 Å². The third-order valence-corrected chi connectivity index (χ3v) is 3.67. The second-order valence-corrected chi connectivity index (χ2v) is 5.04. The van der Waals surface area contributed by atoms with E-state index in [0.717, 1.165) is 18.8 Å². The summed E-state index contributed by atoms with van der Waals surface area (Å²) < 4.78 is 0. The molecule has 2 aromatic rings. The Morgan fingerprint density at radius 1 is 1.36 bits per heavy atom. The smallest absolute Gasteiger partial charge is 0.107 e. The minimum atomic E-state index is 0.871. The van der Waals surface area contributed by atoms with Gasteiger partial charge in [0.2, 0.25) is 0 Å². The van der Waals surface area contributed by atoms with E-state index in [1.807, 2.05) is 6.92 Å². The van der Waals surface area contributed by atoms with Gasteiger partial charge in [-0.25, -0.2) is 4.98 Å². The van der Waals surface area contributed by atoms with Crippen molar-refractivity contribution in [1.82, 2.24) is 10.3 Å². The summed E-state index contributed by atoms with van der Waals surface area (Å²) in [6.07, 6.45) is 0. The summed E-state index contributed by atoms with van der Waals surface area (Å²) in [7, 11) is 0. The number of hydrogen-bond donors (Lipinski definition) is 1. The van der Waals surface area contributed by atoms with E-state index in [0.29, 0.717) is 0 Å². The normalized spacial score (nSPS) is 10.6. The number of thiazole rings is 1. The molecular weight excluding hydrogens is 212 g/mol. The summed E-state index contributed by atoms with van der Waals surface area (Å²) in [6.45, 7) is 3.84. The zero-order valence-electron chi connectivity index (χ0n) is 7.99. The zero-order chi connectivity index (χ0) is 9.80. The Balaban J connectivity index is 1.78. The Morgan fingerprint density at radius 2 is 2.29 bits per heavy atom. The molecule has 14 heavy (non-hydrogen) atoms. The summed E-state index contributed by atoms with van der Waals surface area (Å²) in [5, 5.41) is 8.73. The van der Waals surface area contributed by atoms with Crippen LogP contribution in [-0.4, -0.2) is 4.98 Å². The third-order valence-electron chi connectivity index (χ3n) is 1.82. The molecule has 0 unspecified atom stereocenters. The van der Waals surface area contributed by atoms with Crippen molar-refractivity contribution in [3.63, 3.8) is 0 Å². The number of nitrogens with zero attached hydrogens (tertiary/aromatic N) is 1. The highest BCUT2D eigenvalue weighted by molar-refractivity contribution is 7.10. The van der Waals surface area contributed by atoms with Gasteiger partial charge in [-0.15, -0.1) is 22.7 Å². The van der Waals surface area contributed by atoms with Crippen molar-refractivity contribution >= 4 is 22.7 Å². The first-order valence-corrected chi connectivity index (χ1v) is 6.24. The summed E-state index contributed by atoms with van der Waals surface area (Å²) >= 11 is 3.50. The molecule has 0 amide bonds. The summed E-state index contributed by atoms with van der Waals surface area (Å²) in [4.78, 5) is 5.76. The number of aryl methyl sites for hydroxylation is 1. The van der Waals surface area contributed by atoms with Crippen LogP contribution in [-0.2, 0) is 13.1 Å². The van der Waals surface area contributed by atoms with Crippen LogP contribution < -0.4 is 5.32 Å². The van der Waals surface area contributed by atoms with E-state index >= 15 is 0 Å². The maximum absolute atomic E-state index is 4.39. The van der Waals surface area contributed by atoms with E-state index < -0.39 is 0 Å². The van der Waals surface area contributed by atoms with Gasteiger partial charge in [0.1, 0.15) is 5.01 Å². The molecule has 2 aromatic heterocycles. The maximum atomic E-state index is 4.39. The minimum absolute atomic E-state index is 0.871. The first kappa shape index (κ1) is 9.83. The quantitative estimate of drug-likeness (QED) is 0.864. The van der Waals surface area contributed by atoms with Crippen molar-refractivity contribution in [3.05, 3.63) is 38.5 Å². The number of nitrogens with one attached hydrogen (secondary N) is 1. The summed E-state index contributed by atoms with van der Waals surface area (Å²) in [5.41, 5.74) is 1.11. The molecular formula is C10H12N2S2. The van der Waals surface area contributed by atoms with Crippen LogP contribution in [0.2, 0.25) is 0 Å². The molecule has 0 aliphatic rings. The lowest BCUT2D eigenvalue weighted by Crippen LogP contribution is -2.11. The van der Waals surface area contributed by atoms with Crippen LogP contribution in [0.1, 0.15) is 15.6 Å².